The fourth-order valence-corrected chi connectivity index (χ4v) is 5.04. The molecule has 170 valence electrons. The Bertz CT molecular complexity index is 1310. The van der Waals surface area contributed by atoms with E-state index in [1.807, 2.05) is 6.07 Å². The summed E-state index contributed by atoms with van der Waals surface area (Å²) in [5.74, 6) is -0.657. The fourth-order valence-electron chi connectivity index (χ4n) is 3.74. The number of ether oxygens (including phenoxy) is 1. The van der Waals surface area contributed by atoms with Crippen molar-refractivity contribution in [1.82, 2.24) is 0 Å². The molecule has 0 saturated heterocycles. The van der Waals surface area contributed by atoms with Gasteiger partial charge in [0.25, 0.3) is 0 Å². The van der Waals surface area contributed by atoms with Crippen LogP contribution in [-0.2, 0) is 31.5 Å². The molecule has 0 radical (unpaired) electrons. The van der Waals surface area contributed by atoms with Crippen LogP contribution in [0.25, 0.3) is 0 Å². The topological polar surface area (TPSA) is 127 Å². The Hall–Kier alpha value is -3.24. The zero-order valence-corrected chi connectivity index (χ0v) is 19.1. The first-order chi connectivity index (χ1) is 15.7. The molecular formula is C22H19ClN4O5S. The average molecular weight is 487 g/mol. The Kier molecular flexibility index (Phi) is 6.22. The van der Waals surface area contributed by atoms with E-state index in [9.17, 15) is 18.0 Å². The lowest BCUT2D eigenvalue weighted by Crippen LogP contribution is -2.24. The molecule has 0 N–H and O–H groups in total. The fraction of sp³-hybridized carbons (Fsp3) is 0.273. The first-order valence-electron chi connectivity index (χ1n) is 10.1. The molecule has 1 aliphatic heterocycles. The highest BCUT2D eigenvalue weighted by Gasteiger charge is 2.39. The standard InChI is InChI=1S/C22H19ClN4O5S/c1-33(30,31)19-11-10-17(21(29)32-16-9-5-8-15(28)12-16)20(23)18(19)13-22(24-26-27-25-22)14-6-3-2-4-7-14/h2-4,6-7,10-12H,5,8-9,13H2,1H3. The van der Waals surface area contributed by atoms with E-state index in [2.05, 4.69) is 20.7 Å². The summed E-state index contributed by atoms with van der Waals surface area (Å²) in [6.07, 6.45) is 3.67. The van der Waals surface area contributed by atoms with Crippen molar-refractivity contribution in [3.8, 4) is 0 Å². The van der Waals surface area contributed by atoms with Gasteiger partial charge in [0.1, 0.15) is 5.76 Å². The van der Waals surface area contributed by atoms with E-state index in [4.69, 9.17) is 16.3 Å². The molecule has 11 heteroatoms. The van der Waals surface area contributed by atoms with E-state index < -0.39 is 21.5 Å². The zero-order valence-electron chi connectivity index (χ0n) is 17.6. The van der Waals surface area contributed by atoms with Crippen LogP contribution < -0.4 is 0 Å². The summed E-state index contributed by atoms with van der Waals surface area (Å²) >= 11 is 6.59. The third-order valence-electron chi connectivity index (χ3n) is 5.33. The Morgan fingerprint density at radius 3 is 2.42 bits per heavy atom. The van der Waals surface area contributed by atoms with E-state index in [0.717, 1.165) is 6.26 Å². The highest BCUT2D eigenvalue weighted by Crippen LogP contribution is 2.40. The maximum absolute atomic E-state index is 12.8. The van der Waals surface area contributed by atoms with Gasteiger partial charge in [0.15, 0.2) is 15.6 Å². The monoisotopic (exact) mass is 486 g/mol. The molecule has 2 aromatic carbocycles. The van der Waals surface area contributed by atoms with Crippen molar-refractivity contribution in [2.75, 3.05) is 6.26 Å². The van der Waals surface area contributed by atoms with Crippen LogP contribution in [0.15, 0.2) is 79.9 Å². The minimum atomic E-state index is -3.72. The molecule has 0 fully saturated rings. The van der Waals surface area contributed by atoms with Crippen molar-refractivity contribution < 1.29 is 22.7 Å². The number of sulfone groups is 1. The Labute approximate surface area is 195 Å². The number of rotatable bonds is 6. The number of nitrogens with zero attached hydrogens (tertiary/aromatic N) is 4. The molecule has 2 aromatic rings. The minimum Gasteiger partial charge on any atom is -0.427 e. The average Bonchev–Trinajstić information content (AvgIpc) is 3.24. The Balaban J connectivity index is 1.78. The van der Waals surface area contributed by atoms with Gasteiger partial charge >= 0.3 is 5.97 Å². The quantitative estimate of drug-likeness (QED) is 0.543. The third kappa shape index (κ3) is 4.76. The number of benzene rings is 2. The number of hydrogen-bond acceptors (Lipinski definition) is 9. The molecule has 0 amide bonds. The molecule has 2 aliphatic rings. The normalized spacial score (nSPS) is 17.2. The van der Waals surface area contributed by atoms with E-state index in [0.29, 0.717) is 24.8 Å². The number of halogens is 1. The summed E-state index contributed by atoms with van der Waals surface area (Å²) in [6, 6.07) is 11.5. The summed E-state index contributed by atoms with van der Waals surface area (Å²) in [5.41, 5.74) is -0.589. The summed E-state index contributed by atoms with van der Waals surface area (Å²) in [7, 11) is -3.72. The molecule has 4 rings (SSSR count). The molecule has 0 aromatic heterocycles. The summed E-state index contributed by atoms with van der Waals surface area (Å²) in [5, 5.41) is 15.5. The van der Waals surface area contributed by atoms with Gasteiger partial charge in [-0.3, -0.25) is 4.79 Å². The number of esters is 1. The van der Waals surface area contributed by atoms with Crippen molar-refractivity contribution >= 4 is 33.2 Å². The van der Waals surface area contributed by atoms with E-state index in [-0.39, 0.29) is 39.0 Å². The van der Waals surface area contributed by atoms with E-state index in [1.54, 1.807) is 24.3 Å². The molecular weight excluding hydrogens is 468 g/mol. The van der Waals surface area contributed by atoms with Crippen molar-refractivity contribution in [2.24, 2.45) is 20.7 Å². The van der Waals surface area contributed by atoms with Gasteiger partial charge in [-0.25, -0.2) is 13.2 Å². The predicted octanol–water partition coefficient (Wildman–Crippen LogP) is 4.77. The van der Waals surface area contributed by atoms with Crippen LogP contribution in [0.4, 0.5) is 0 Å². The van der Waals surface area contributed by atoms with Crippen LogP contribution in [0.3, 0.4) is 0 Å². The highest BCUT2D eigenvalue weighted by molar-refractivity contribution is 7.90. The number of hydrogen-bond donors (Lipinski definition) is 0. The second kappa shape index (κ2) is 8.95. The van der Waals surface area contributed by atoms with Gasteiger partial charge in [-0.2, -0.15) is 0 Å². The van der Waals surface area contributed by atoms with Crippen LogP contribution in [0, 0.1) is 0 Å². The SMILES string of the molecule is CS(=O)(=O)c1ccc(C(=O)OC2=CC(=O)CCC2)c(Cl)c1CC1(c2ccccc2)N=NN=N1. The van der Waals surface area contributed by atoms with Crippen LogP contribution in [0.1, 0.15) is 40.7 Å². The number of carbonyl (C=O) groups excluding carboxylic acids is 2. The molecule has 1 heterocycles. The van der Waals surface area contributed by atoms with Gasteiger partial charge in [0, 0.05) is 37.2 Å². The van der Waals surface area contributed by atoms with Gasteiger partial charge in [0.2, 0.25) is 5.66 Å². The van der Waals surface area contributed by atoms with Gasteiger partial charge < -0.3 is 4.74 Å². The maximum atomic E-state index is 12.8. The largest absolute Gasteiger partial charge is 0.427 e. The summed E-state index contributed by atoms with van der Waals surface area (Å²) in [6.45, 7) is 0. The number of carbonyl (C=O) groups is 2. The molecule has 0 bridgehead atoms. The lowest BCUT2D eigenvalue weighted by molar-refractivity contribution is -0.115. The molecule has 1 aliphatic carbocycles. The van der Waals surface area contributed by atoms with Gasteiger partial charge in [0.05, 0.1) is 15.5 Å². The van der Waals surface area contributed by atoms with Crippen molar-refractivity contribution in [1.29, 1.82) is 0 Å². The molecule has 0 spiro atoms. The molecule has 0 unspecified atom stereocenters. The lowest BCUT2D eigenvalue weighted by atomic mass is 9.92. The smallest absolute Gasteiger partial charge is 0.344 e. The first-order valence-corrected chi connectivity index (χ1v) is 12.3. The van der Waals surface area contributed by atoms with Crippen molar-refractivity contribution in [3.05, 3.63) is 76.0 Å². The molecule has 33 heavy (non-hydrogen) atoms. The molecule has 9 nitrogen and oxygen atoms in total. The molecule has 0 saturated carbocycles. The second-order valence-electron chi connectivity index (χ2n) is 7.73. The lowest BCUT2D eigenvalue weighted by Gasteiger charge is -2.23. The van der Waals surface area contributed by atoms with Crippen molar-refractivity contribution in [2.45, 2.75) is 36.2 Å². The Morgan fingerprint density at radius 2 is 1.79 bits per heavy atom. The first kappa shape index (κ1) is 22.9. The summed E-state index contributed by atoms with van der Waals surface area (Å²) in [4.78, 5) is 24.4. The van der Waals surface area contributed by atoms with Gasteiger partial charge in [-0.15, -0.1) is 10.2 Å². The van der Waals surface area contributed by atoms with Crippen molar-refractivity contribution in [3.63, 3.8) is 0 Å². The van der Waals surface area contributed by atoms with E-state index >= 15 is 0 Å². The van der Waals surface area contributed by atoms with E-state index in [1.165, 1.54) is 18.2 Å². The molecule has 0 atom stereocenters. The van der Waals surface area contributed by atoms with Gasteiger partial charge in [-0.1, -0.05) is 41.9 Å². The highest BCUT2D eigenvalue weighted by atomic mass is 35.5. The zero-order chi connectivity index (χ0) is 23.6. The minimum absolute atomic E-state index is 0.0342. The number of ketones is 1. The van der Waals surface area contributed by atoms with Crippen LogP contribution in [0.2, 0.25) is 5.02 Å². The Morgan fingerprint density at radius 1 is 1.09 bits per heavy atom. The van der Waals surface area contributed by atoms with Crippen LogP contribution in [0.5, 0.6) is 0 Å². The number of allylic oxidation sites excluding steroid dienone is 2. The van der Waals surface area contributed by atoms with Crippen LogP contribution in [-0.4, -0.2) is 26.4 Å². The predicted molar refractivity (Wildman–Crippen MR) is 118 cm³/mol. The maximum Gasteiger partial charge on any atom is 0.344 e. The third-order valence-corrected chi connectivity index (χ3v) is 6.94. The summed E-state index contributed by atoms with van der Waals surface area (Å²) < 4.78 is 30.4. The van der Waals surface area contributed by atoms with Crippen LogP contribution >= 0.6 is 11.6 Å². The second-order valence-corrected chi connectivity index (χ2v) is 10.1. The van der Waals surface area contributed by atoms with Gasteiger partial charge in [-0.05, 0) is 34.6 Å².